The number of carbonyl (C=O) groups is 2. The summed E-state index contributed by atoms with van der Waals surface area (Å²) in [6.07, 6.45) is 1.34. The molecule has 0 saturated carbocycles. The Hall–Kier alpha value is -2.87. The molecular formula is C20H23N3O5. The van der Waals surface area contributed by atoms with E-state index >= 15 is 0 Å². The summed E-state index contributed by atoms with van der Waals surface area (Å²) in [5, 5.41) is 19.2. The van der Waals surface area contributed by atoms with Crippen molar-refractivity contribution < 1.29 is 24.2 Å². The maximum atomic E-state index is 12.9. The maximum Gasteiger partial charge on any atom is 0.337 e. The van der Waals surface area contributed by atoms with Crippen molar-refractivity contribution >= 4 is 17.7 Å². The summed E-state index contributed by atoms with van der Waals surface area (Å²) in [4.78, 5) is 32.0. The van der Waals surface area contributed by atoms with Crippen LogP contribution in [-0.2, 0) is 0 Å². The van der Waals surface area contributed by atoms with E-state index in [9.17, 15) is 14.7 Å². The number of aryl methyl sites for hydroxylation is 2. The van der Waals surface area contributed by atoms with E-state index in [4.69, 9.17) is 9.52 Å². The molecule has 4 rings (SSSR count). The average Bonchev–Trinajstić information content (AvgIpc) is 3.31. The lowest BCUT2D eigenvalue weighted by atomic mass is 9.82. The highest BCUT2D eigenvalue weighted by Crippen LogP contribution is 2.43. The first-order valence-electron chi connectivity index (χ1n) is 9.24. The van der Waals surface area contributed by atoms with Crippen LogP contribution in [0.4, 0.5) is 5.82 Å². The lowest BCUT2D eigenvalue weighted by Crippen LogP contribution is -2.39. The molecule has 4 heterocycles. The zero-order chi connectivity index (χ0) is 20.1. The minimum absolute atomic E-state index is 0.0193. The molecular weight excluding hydrogens is 362 g/mol. The van der Waals surface area contributed by atoms with Crippen LogP contribution in [0.1, 0.15) is 32.2 Å². The number of amides is 1. The lowest BCUT2D eigenvalue weighted by Gasteiger charge is -2.27. The van der Waals surface area contributed by atoms with Gasteiger partial charge in [0.2, 0.25) is 0 Å². The number of pyridine rings is 1. The van der Waals surface area contributed by atoms with Gasteiger partial charge in [-0.25, -0.2) is 9.78 Å². The second-order valence-electron chi connectivity index (χ2n) is 7.82. The quantitative estimate of drug-likeness (QED) is 0.822. The Bertz CT molecular complexity index is 922. The minimum atomic E-state index is -1.01. The molecule has 0 bridgehead atoms. The number of hydrogen-bond donors (Lipinski definition) is 2. The third kappa shape index (κ3) is 2.93. The number of aromatic nitrogens is 1. The number of nitrogens with zero attached hydrogens (tertiary/aromatic N) is 3. The Balaban J connectivity index is 1.51. The number of aromatic carboxylic acids is 1. The van der Waals surface area contributed by atoms with Crippen LogP contribution >= 0.6 is 0 Å². The Labute approximate surface area is 162 Å². The predicted octanol–water partition coefficient (Wildman–Crippen LogP) is 1.56. The average molecular weight is 385 g/mol. The number of aliphatic hydroxyl groups is 1. The van der Waals surface area contributed by atoms with Crippen molar-refractivity contribution in [2.75, 3.05) is 37.7 Å². The van der Waals surface area contributed by atoms with Gasteiger partial charge in [0.25, 0.3) is 5.91 Å². The number of anilines is 1. The second-order valence-corrected chi connectivity index (χ2v) is 7.82. The van der Waals surface area contributed by atoms with Crippen molar-refractivity contribution in [2.24, 2.45) is 11.3 Å². The number of furan rings is 1. The molecule has 28 heavy (non-hydrogen) atoms. The van der Waals surface area contributed by atoms with E-state index in [1.165, 1.54) is 12.3 Å². The number of likely N-dealkylation sites (tertiary alicyclic amines) is 1. The first-order valence-corrected chi connectivity index (χ1v) is 9.24. The van der Waals surface area contributed by atoms with Crippen molar-refractivity contribution in [2.45, 2.75) is 13.8 Å². The zero-order valence-corrected chi connectivity index (χ0v) is 15.9. The van der Waals surface area contributed by atoms with Crippen molar-refractivity contribution in [3.8, 4) is 0 Å². The van der Waals surface area contributed by atoms with Crippen molar-refractivity contribution in [3.63, 3.8) is 0 Å². The lowest BCUT2D eigenvalue weighted by molar-refractivity contribution is 0.0695. The van der Waals surface area contributed by atoms with Crippen LogP contribution in [0.25, 0.3) is 0 Å². The Morgan fingerprint density at radius 1 is 1.29 bits per heavy atom. The summed E-state index contributed by atoms with van der Waals surface area (Å²) in [7, 11) is 0. The van der Waals surface area contributed by atoms with E-state index in [-0.39, 0.29) is 24.0 Å². The molecule has 2 atom stereocenters. The molecule has 0 radical (unpaired) electrons. The second kappa shape index (κ2) is 6.63. The SMILES string of the molecule is Cc1cc(C(=O)N2CC3CN(c4ccc(C(=O)O)cn4)CC3(CO)C2)c(C)o1. The van der Waals surface area contributed by atoms with Gasteiger partial charge >= 0.3 is 5.97 Å². The van der Waals surface area contributed by atoms with Crippen molar-refractivity contribution in [1.29, 1.82) is 0 Å². The third-order valence-electron chi connectivity index (χ3n) is 5.95. The van der Waals surface area contributed by atoms with E-state index in [0.29, 0.717) is 49.1 Å². The standard InChI is InChI=1S/C20H23N3O5/c1-12-5-16(13(2)28-12)18(25)23-8-15-7-22(9-20(15,10-23)11-24)17-4-3-14(6-21-17)19(26)27/h3-6,15,24H,7-11H2,1-2H3,(H,26,27). The summed E-state index contributed by atoms with van der Waals surface area (Å²) in [6.45, 7) is 5.85. The number of carboxylic acid groups (broad SMARTS) is 1. The first kappa shape index (κ1) is 18.5. The van der Waals surface area contributed by atoms with Crippen LogP contribution in [0.2, 0.25) is 0 Å². The number of rotatable bonds is 4. The summed E-state index contributed by atoms with van der Waals surface area (Å²) >= 11 is 0. The molecule has 148 valence electrons. The molecule has 0 spiro atoms. The molecule has 8 nitrogen and oxygen atoms in total. The molecule has 0 aliphatic carbocycles. The number of carboxylic acids is 1. The monoisotopic (exact) mass is 385 g/mol. The Morgan fingerprint density at radius 2 is 2.07 bits per heavy atom. The molecule has 0 aromatic carbocycles. The fourth-order valence-electron chi connectivity index (χ4n) is 4.45. The molecule has 2 aromatic heterocycles. The first-order chi connectivity index (χ1) is 13.3. The molecule has 8 heteroatoms. The summed E-state index contributed by atoms with van der Waals surface area (Å²) in [5.74, 6) is 1.05. The molecule has 2 saturated heterocycles. The fraction of sp³-hybridized carbons (Fsp3) is 0.450. The molecule has 2 N–H and O–H groups in total. The molecule has 2 aliphatic rings. The minimum Gasteiger partial charge on any atom is -0.478 e. The van der Waals surface area contributed by atoms with Gasteiger partial charge in [-0.3, -0.25) is 4.79 Å². The van der Waals surface area contributed by atoms with Gasteiger partial charge in [-0.05, 0) is 32.0 Å². The smallest absolute Gasteiger partial charge is 0.337 e. The van der Waals surface area contributed by atoms with Crippen LogP contribution in [-0.4, -0.2) is 64.8 Å². The zero-order valence-electron chi connectivity index (χ0n) is 15.9. The van der Waals surface area contributed by atoms with E-state index in [2.05, 4.69) is 9.88 Å². The fourth-order valence-corrected chi connectivity index (χ4v) is 4.45. The highest BCUT2D eigenvalue weighted by Gasteiger charge is 2.53. The van der Waals surface area contributed by atoms with Gasteiger partial charge in [0.15, 0.2) is 0 Å². The number of aliphatic hydroxyl groups excluding tert-OH is 1. The molecule has 2 unspecified atom stereocenters. The van der Waals surface area contributed by atoms with Crippen LogP contribution in [0.3, 0.4) is 0 Å². The highest BCUT2D eigenvalue weighted by molar-refractivity contribution is 5.95. The van der Waals surface area contributed by atoms with Gasteiger partial charge in [-0.2, -0.15) is 0 Å². The predicted molar refractivity (Wildman–Crippen MR) is 101 cm³/mol. The van der Waals surface area contributed by atoms with Gasteiger partial charge in [-0.1, -0.05) is 0 Å². The summed E-state index contributed by atoms with van der Waals surface area (Å²) in [5.41, 5.74) is 0.311. The van der Waals surface area contributed by atoms with Crippen LogP contribution in [0, 0.1) is 25.2 Å². The van der Waals surface area contributed by atoms with Crippen LogP contribution in [0.5, 0.6) is 0 Å². The molecule has 2 aliphatic heterocycles. The number of fused-ring (bicyclic) bond motifs is 1. The third-order valence-corrected chi connectivity index (χ3v) is 5.95. The van der Waals surface area contributed by atoms with Gasteiger partial charge < -0.3 is 24.4 Å². The van der Waals surface area contributed by atoms with Crippen LogP contribution in [0.15, 0.2) is 28.8 Å². The number of hydrogen-bond acceptors (Lipinski definition) is 6. The normalized spacial score (nSPS) is 23.9. The maximum absolute atomic E-state index is 12.9. The highest BCUT2D eigenvalue weighted by atomic mass is 16.4. The largest absolute Gasteiger partial charge is 0.478 e. The molecule has 2 aromatic rings. The van der Waals surface area contributed by atoms with Crippen LogP contribution < -0.4 is 4.90 Å². The van der Waals surface area contributed by atoms with E-state index in [0.717, 1.165) is 0 Å². The van der Waals surface area contributed by atoms with Gasteiger partial charge in [0.05, 0.1) is 17.7 Å². The van der Waals surface area contributed by atoms with E-state index in [1.54, 1.807) is 24.0 Å². The summed E-state index contributed by atoms with van der Waals surface area (Å²) in [6, 6.07) is 4.98. The Kier molecular flexibility index (Phi) is 4.38. The summed E-state index contributed by atoms with van der Waals surface area (Å²) < 4.78 is 5.49. The molecule has 1 amide bonds. The number of carbonyl (C=O) groups excluding carboxylic acids is 1. The molecule has 2 fully saturated rings. The van der Waals surface area contributed by atoms with Gasteiger partial charge in [0, 0.05) is 43.7 Å². The van der Waals surface area contributed by atoms with Crippen molar-refractivity contribution in [1.82, 2.24) is 9.88 Å². The van der Waals surface area contributed by atoms with Gasteiger partial charge in [-0.15, -0.1) is 0 Å². The van der Waals surface area contributed by atoms with E-state index < -0.39 is 11.4 Å². The van der Waals surface area contributed by atoms with Crippen molar-refractivity contribution in [3.05, 3.63) is 47.0 Å². The van der Waals surface area contributed by atoms with Gasteiger partial charge in [0.1, 0.15) is 17.3 Å². The van der Waals surface area contributed by atoms with E-state index in [1.807, 2.05) is 6.92 Å². The topological polar surface area (TPSA) is 107 Å². The Morgan fingerprint density at radius 3 is 2.61 bits per heavy atom.